The van der Waals surface area contributed by atoms with Crippen LogP contribution in [0.5, 0.6) is 6.01 Å². The molecule has 4 nitrogen and oxygen atoms in total. The van der Waals surface area contributed by atoms with Crippen molar-refractivity contribution in [1.29, 1.82) is 0 Å². The van der Waals surface area contributed by atoms with Crippen molar-refractivity contribution >= 4 is 0 Å². The van der Waals surface area contributed by atoms with Gasteiger partial charge in [-0.25, -0.2) is 5.10 Å². The Balaban J connectivity index is 2.44. The molecular formula is C11H13N3O. The van der Waals surface area contributed by atoms with Crippen molar-refractivity contribution in [1.82, 2.24) is 15.2 Å². The lowest BCUT2D eigenvalue weighted by atomic mass is 10.1. The first-order valence-corrected chi connectivity index (χ1v) is 4.89. The molecule has 0 fully saturated rings. The molecular weight excluding hydrogens is 190 g/mol. The number of benzene rings is 1. The summed E-state index contributed by atoms with van der Waals surface area (Å²) in [6, 6.07) is 8.54. The molecule has 0 atom stereocenters. The van der Waals surface area contributed by atoms with E-state index in [0.29, 0.717) is 11.8 Å². The van der Waals surface area contributed by atoms with Gasteiger partial charge in [0.2, 0.25) is 0 Å². The fraction of sp³-hybridized carbons (Fsp3) is 0.273. The Hall–Kier alpha value is -1.84. The van der Waals surface area contributed by atoms with Crippen LogP contribution < -0.4 is 4.74 Å². The molecule has 1 N–H and O–H groups in total. The number of methoxy groups -OCH3 is 1. The van der Waals surface area contributed by atoms with Gasteiger partial charge < -0.3 is 4.74 Å². The zero-order chi connectivity index (χ0) is 10.7. The van der Waals surface area contributed by atoms with Gasteiger partial charge in [0, 0.05) is 5.56 Å². The molecule has 1 aromatic carbocycles. The number of aromatic nitrogens is 3. The molecule has 1 heterocycles. The number of rotatable bonds is 3. The SMILES string of the molecule is CCc1ccccc1-c1n[nH]c(OC)n1. The summed E-state index contributed by atoms with van der Waals surface area (Å²) in [5.41, 5.74) is 2.29. The summed E-state index contributed by atoms with van der Waals surface area (Å²) in [5, 5.41) is 6.83. The second kappa shape index (κ2) is 4.13. The van der Waals surface area contributed by atoms with E-state index in [1.165, 1.54) is 5.56 Å². The lowest BCUT2D eigenvalue weighted by Crippen LogP contribution is -1.89. The van der Waals surface area contributed by atoms with Gasteiger partial charge in [-0.15, -0.1) is 0 Å². The lowest BCUT2D eigenvalue weighted by molar-refractivity contribution is 0.382. The Morgan fingerprint density at radius 1 is 1.33 bits per heavy atom. The van der Waals surface area contributed by atoms with Crippen molar-refractivity contribution in [2.75, 3.05) is 7.11 Å². The molecule has 0 unspecified atom stereocenters. The highest BCUT2D eigenvalue weighted by Crippen LogP contribution is 2.21. The van der Waals surface area contributed by atoms with Crippen LogP contribution in [0.4, 0.5) is 0 Å². The van der Waals surface area contributed by atoms with Crippen LogP contribution in [0.25, 0.3) is 11.4 Å². The Labute approximate surface area is 88.3 Å². The van der Waals surface area contributed by atoms with Crippen molar-refractivity contribution in [2.45, 2.75) is 13.3 Å². The zero-order valence-electron chi connectivity index (χ0n) is 8.82. The maximum Gasteiger partial charge on any atom is 0.312 e. The average molecular weight is 203 g/mol. The lowest BCUT2D eigenvalue weighted by Gasteiger charge is -2.02. The molecule has 4 heteroatoms. The van der Waals surface area contributed by atoms with Gasteiger partial charge in [0.25, 0.3) is 0 Å². The van der Waals surface area contributed by atoms with Crippen molar-refractivity contribution in [3.05, 3.63) is 29.8 Å². The van der Waals surface area contributed by atoms with E-state index in [9.17, 15) is 0 Å². The van der Waals surface area contributed by atoms with Crippen LogP contribution in [0.2, 0.25) is 0 Å². The molecule has 0 bridgehead atoms. The molecule has 0 aliphatic heterocycles. The quantitative estimate of drug-likeness (QED) is 0.830. The van der Waals surface area contributed by atoms with Gasteiger partial charge in [-0.05, 0) is 12.0 Å². The average Bonchev–Trinajstić information content (AvgIpc) is 2.77. The fourth-order valence-electron chi connectivity index (χ4n) is 1.51. The molecule has 0 saturated carbocycles. The standard InChI is InChI=1S/C11H13N3O/c1-3-8-6-4-5-7-9(8)10-12-11(15-2)14-13-10/h4-7H,3H2,1-2H3,(H,12,13,14). The van der Waals surface area contributed by atoms with Crippen LogP contribution in [0.3, 0.4) is 0 Å². The van der Waals surface area contributed by atoms with Crippen LogP contribution in [-0.2, 0) is 6.42 Å². The minimum absolute atomic E-state index is 0.441. The van der Waals surface area contributed by atoms with Crippen molar-refractivity contribution in [3.63, 3.8) is 0 Å². The van der Waals surface area contributed by atoms with E-state index < -0.39 is 0 Å². The van der Waals surface area contributed by atoms with E-state index in [4.69, 9.17) is 4.74 Å². The summed E-state index contributed by atoms with van der Waals surface area (Å²) in [6.45, 7) is 2.11. The molecule has 0 saturated heterocycles. The van der Waals surface area contributed by atoms with E-state index in [-0.39, 0.29) is 0 Å². The van der Waals surface area contributed by atoms with Gasteiger partial charge in [0.1, 0.15) is 0 Å². The second-order valence-electron chi connectivity index (χ2n) is 3.18. The number of aromatic amines is 1. The molecule has 1 aromatic heterocycles. The molecule has 0 radical (unpaired) electrons. The van der Waals surface area contributed by atoms with Crippen molar-refractivity contribution < 1.29 is 4.74 Å². The first-order chi connectivity index (χ1) is 7.35. The number of hydrogen-bond donors (Lipinski definition) is 1. The van der Waals surface area contributed by atoms with Crippen LogP contribution >= 0.6 is 0 Å². The highest BCUT2D eigenvalue weighted by Gasteiger charge is 2.08. The molecule has 0 aliphatic carbocycles. The molecule has 78 valence electrons. The summed E-state index contributed by atoms with van der Waals surface area (Å²) in [4.78, 5) is 4.22. The molecule has 15 heavy (non-hydrogen) atoms. The predicted molar refractivity (Wildman–Crippen MR) is 57.7 cm³/mol. The third-order valence-corrected chi connectivity index (χ3v) is 2.30. The summed E-state index contributed by atoms with van der Waals surface area (Å²) in [6.07, 6.45) is 0.965. The van der Waals surface area contributed by atoms with Crippen LogP contribution in [0.1, 0.15) is 12.5 Å². The largest absolute Gasteiger partial charge is 0.467 e. The van der Waals surface area contributed by atoms with Gasteiger partial charge in [-0.2, -0.15) is 10.1 Å². The van der Waals surface area contributed by atoms with Crippen molar-refractivity contribution in [2.24, 2.45) is 0 Å². The maximum atomic E-state index is 4.96. The van der Waals surface area contributed by atoms with Crippen molar-refractivity contribution in [3.8, 4) is 17.4 Å². The van der Waals surface area contributed by atoms with Crippen LogP contribution in [0, 0.1) is 0 Å². The summed E-state index contributed by atoms with van der Waals surface area (Å²) in [7, 11) is 1.57. The molecule has 2 aromatic rings. The van der Waals surface area contributed by atoms with Gasteiger partial charge in [0.05, 0.1) is 7.11 Å². The summed E-state index contributed by atoms with van der Waals surface area (Å²) in [5.74, 6) is 0.685. The minimum Gasteiger partial charge on any atom is -0.467 e. The first-order valence-electron chi connectivity index (χ1n) is 4.89. The number of nitrogens with one attached hydrogen (secondary N) is 1. The van der Waals surface area contributed by atoms with E-state index in [1.54, 1.807) is 7.11 Å². The highest BCUT2D eigenvalue weighted by atomic mass is 16.5. The number of H-pyrrole nitrogens is 1. The Morgan fingerprint density at radius 3 is 2.80 bits per heavy atom. The van der Waals surface area contributed by atoms with Gasteiger partial charge in [0.15, 0.2) is 5.82 Å². The third kappa shape index (κ3) is 1.83. The van der Waals surface area contributed by atoms with Gasteiger partial charge >= 0.3 is 6.01 Å². The Bertz CT molecular complexity index is 451. The predicted octanol–water partition coefficient (Wildman–Crippen LogP) is 2.04. The number of hydrogen-bond acceptors (Lipinski definition) is 3. The van der Waals surface area contributed by atoms with Gasteiger partial charge in [-0.3, -0.25) is 0 Å². The van der Waals surface area contributed by atoms with E-state index in [1.807, 2.05) is 18.2 Å². The summed E-state index contributed by atoms with van der Waals surface area (Å²) >= 11 is 0. The van der Waals surface area contributed by atoms with E-state index in [2.05, 4.69) is 28.2 Å². The monoisotopic (exact) mass is 203 g/mol. The third-order valence-electron chi connectivity index (χ3n) is 2.30. The summed E-state index contributed by atoms with van der Waals surface area (Å²) < 4.78 is 4.96. The highest BCUT2D eigenvalue weighted by molar-refractivity contribution is 5.60. The number of ether oxygens (including phenoxy) is 1. The molecule has 0 amide bonds. The minimum atomic E-state index is 0.441. The van der Waals surface area contributed by atoms with Crippen LogP contribution in [-0.4, -0.2) is 22.3 Å². The molecule has 2 rings (SSSR count). The second-order valence-corrected chi connectivity index (χ2v) is 3.18. The normalized spacial score (nSPS) is 10.3. The smallest absolute Gasteiger partial charge is 0.312 e. The topological polar surface area (TPSA) is 50.8 Å². The molecule has 0 aliphatic rings. The Morgan fingerprint density at radius 2 is 2.13 bits per heavy atom. The van der Waals surface area contributed by atoms with E-state index >= 15 is 0 Å². The van der Waals surface area contributed by atoms with Gasteiger partial charge in [-0.1, -0.05) is 31.2 Å². The zero-order valence-corrected chi connectivity index (χ0v) is 8.82. The number of nitrogens with zero attached hydrogens (tertiary/aromatic N) is 2. The maximum absolute atomic E-state index is 4.96. The molecule has 0 spiro atoms. The van der Waals surface area contributed by atoms with E-state index in [0.717, 1.165) is 12.0 Å². The fourth-order valence-corrected chi connectivity index (χ4v) is 1.51. The Kier molecular flexibility index (Phi) is 2.67. The number of aryl methyl sites for hydroxylation is 1. The van der Waals surface area contributed by atoms with Crippen LogP contribution in [0.15, 0.2) is 24.3 Å². The first kappa shape index (κ1) is 9.71.